The van der Waals surface area contributed by atoms with Gasteiger partial charge < -0.3 is 10.0 Å². The molecule has 0 unspecified atom stereocenters. The number of carboxylic acids is 1. The normalized spacial score (nSPS) is 11.5. The van der Waals surface area contributed by atoms with Crippen LogP contribution >= 0.6 is 0 Å². The lowest BCUT2D eigenvalue weighted by molar-refractivity contribution is 0.0696. The van der Waals surface area contributed by atoms with Crippen molar-refractivity contribution >= 4 is 28.2 Å². The zero-order valence-corrected chi connectivity index (χ0v) is 24.5. The first-order valence-corrected chi connectivity index (χ1v) is 14.1. The fraction of sp³-hybridized carbons (Fsp3) is 0.147. The molecule has 6 rings (SSSR count). The number of rotatable bonds is 9. The number of carboxylic acid groups (broad SMARTS) is 1. The largest absolute Gasteiger partial charge is 0.478 e. The molecule has 0 aliphatic rings. The second-order valence-corrected chi connectivity index (χ2v) is 10.9. The molecule has 11 heteroatoms. The number of pyridine rings is 1. The van der Waals surface area contributed by atoms with Crippen molar-refractivity contribution in [1.82, 2.24) is 23.4 Å². The first kappa shape index (κ1) is 29.4. The molecule has 45 heavy (non-hydrogen) atoms. The van der Waals surface area contributed by atoms with Gasteiger partial charge in [0.05, 0.1) is 34.2 Å². The van der Waals surface area contributed by atoms with Crippen LogP contribution in [0.15, 0.2) is 101 Å². The van der Waals surface area contributed by atoms with Crippen molar-refractivity contribution in [3.8, 4) is 11.3 Å². The van der Waals surface area contributed by atoms with E-state index in [-0.39, 0.29) is 28.9 Å². The van der Waals surface area contributed by atoms with Crippen LogP contribution in [0.3, 0.4) is 0 Å². The third-order valence-electron chi connectivity index (χ3n) is 7.65. The molecule has 1 N–H and O–H groups in total. The Kier molecular flexibility index (Phi) is 7.69. The molecule has 6 aromatic rings. The maximum absolute atomic E-state index is 14.0. The van der Waals surface area contributed by atoms with Crippen molar-refractivity contribution in [3.63, 3.8) is 0 Å². The lowest BCUT2D eigenvalue weighted by Crippen LogP contribution is -2.41. The van der Waals surface area contributed by atoms with E-state index < -0.39 is 28.8 Å². The maximum Gasteiger partial charge on any atom is 0.335 e. The Hall–Kier alpha value is -5.68. The smallest absolute Gasteiger partial charge is 0.335 e. The number of hydrogen-bond acceptors (Lipinski definition) is 6. The van der Waals surface area contributed by atoms with Gasteiger partial charge in [-0.1, -0.05) is 30.3 Å². The molecule has 0 saturated carbocycles. The highest BCUT2D eigenvalue weighted by Gasteiger charge is 2.22. The third kappa shape index (κ3) is 5.56. The van der Waals surface area contributed by atoms with Crippen LogP contribution in [0, 0.1) is 5.82 Å². The van der Waals surface area contributed by atoms with Crippen LogP contribution in [0.25, 0.3) is 27.7 Å². The van der Waals surface area contributed by atoms with E-state index in [1.807, 2.05) is 19.0 Å². The van der Waals surface area contributed by atoms with Gasteiger partial charge >= 0.3 is 11.7 Å². The quantitative estimate of drug-likeness (QED) is 0.246. The van der Waals surface area contributed by atoms with Gasteiger partial charge in [0.15, 0.2) is 5.82 Å². The minimum absolute atomic E-state index is 0.0717. The summed E-state index contributed by atoms with van der Waals surface area (Å²) in [6, 6.07) is 21.8. The number of fused-ring (bicyclic) bond motifs is 2. The van der Waals surface area contributed by atoms with Gasteiger partial charge in [-0.15, -0.1) is 0 Å². The second-order valence-electron chi connectivity index (χ2n) is 10.9. The summed E-state index contributed by atoms with van der Waals surface area (Å²) in [5.41, 5.74) is 1.72. The minimum Gasteiger partial charge on any atom is -0.478 e. The predicted octanol–water partition coefficient (Wildman–Crippen LogP) is 4.16. The standard InChI is InChI=1S/C34H28FN5O5/c1-37(2)16-17-39-27-14-11-23(19-26(27)32(42)40(34(39)45)20-21-9-12-25(35)13-10-21)30(41)31-36-29(28-8-3-4-15-38(28)31)22-6-5-7-24(18-22)33(43)44/h3-15,18-19H,16-17,20H2,1-2H3,(H,43,44). The molecule has 0 bridgehead atoms. The Balaban J connectivity index is 1.49. The van der Waals surface area contributed by atoms with E-state index in [9.17, 15) is 28.7 Å². The molecular weight excluding hydrogens is 577 g/mol. The number of imidazole rings is 1. The molecule has 0 amide bonds. The minimum atomic E-state index is -1.08. The number of carbonyl (C=O) groups excluding carboxylic acids is 1. The molecule has 0 radical (unpaired) electrons. The number of nitrogens with zero attached hydrogens (tertiary/aromatic N) is 5. The van der Waals surface area contributed by atoms with Crippen molar-refractivity contribution in [3.05, 3.63) is 140 Å². The Bertz CT molecular complexity index is 2230. The number of carbonyl (C=O) groups is 2. The summed E-state index contributed by atoms with van der Waals surface area (Å²) in [4.78, 5) is 59.6. The fourth-order valence-electron chi connectivity index (χ4n) is 5.33. The highest BCUT2D eigenvalue weighted by Crippen LogP contribution is 2.27. The van der Waals surface area contributed by atoms with E-state index in [4.69, 9.17) is 0 Å². The van der Waals surface area contributed by atoms with Crippen molar-refractivity contribution in [2.75, 3.05) is 20.6 Å². The van der Waals surface area contributed by atoms with E-state index in [1.165, 1.54) is 47.0 Å². The fourth-order valence-corrected chi connectivity index (χ4v) is 5.33. The number of hydrogen-bond donors (Lipinski definition) is 1. The van der Waals surface area contributed by atoms with Gasteiger partial charge in [-0.05, 0) is 74.3 Å². The summed E-state index contributed by atoms with van der Waals surface area (Å²) in [6.45, 7) is 0.747. The van der Waals surface area contributed by atoms with Gasteiger partial charge in [-0.25, -0.2) is 19.0 Å². The molecule has 0 spiro atoms. The zero-order valence-electron chi connectivity index (χ0n) is 24.5. The predicted molar refractivity (Wildman–Crippen MR) is 168 cm³/mol. The van der Waals surface area contributed by atoms with E-state index >= 15 is 0 Å². The summed E-state index contributed by atoms with van der Waals surface area (Å²) in [5.74, 6) is -1.90. The SMILES string of the molecule is CN(C)CCn1c(=O)n(Cc2ccc(F)cc2)c(=O)c2cc(C(=O)c3nc(-c4cccc(C(=O)O)c4)c4ccccn34)ccc21. The van der Waals surface area contributed by atoms with Crippen molar-refractivity contribution in [2.45, 2.75) is 13.1 Å². The van der Waals surface area contributed by atoms with E-state index in [1.54, 1.807) is 53.1 Å². The van der Waals surface area contributed by atoms with Gasteiger partial charge in [0.1, 0.15) is 5.82 Å². The average Bonchev–Trinajstić information content (AvgIpc) is 3.43. The molecule has 226 valence electrons. The van der Waals surface area contributed by atoms with Crippen molar-refractivity contribution < 1.29 is 19.1 Å². The Morgan fingerprint density at radius 1 is 0.867 bits per heavy atom. The maximum atomic E-state index is 14.0. The Labute approximate surface area is 255 Å². The summed E-state index contributed by atoms with van der Waals surface area (Å²) >= 11 is 0. The third-order valence-corrected chi connectivity index (χ3v) is 7.65. The number of aromatic nitrogens is 4. The first-order chi connectivity index (χ1) is 21.6. The van der Waals surface area contributed by atoms with E-state index in [0.717, 1.165) is 4.57 Å². The van der Waals surface area contributed by atoms with Gasteiger partial charge in [0.2, 0.25) is 5.78 Å². The van der Waals surface area contributed by atoms with Crippen molar-refractivity contribution in [2.24, 2.45) is 0 Å². The number of benzene rings is 3. The van der Waals surface area contributed by atoms with Crippen LogP contribution in [-0.2, 0) is 13.1 Å². The zero-order chi connectivity index (χ0) is 31.8. The molecule has 0 fully saturated rings. The summed E-state index contributed by atoms with van der Waals surface area (Å²) in [7, 11) is 3.75. The lowest BCUT2D eigenvalue weighted by Gasteiger charge is -2.17. The number of likely N-dealkylation sites (N-methyl/N-ethyl adjacent to an activating group) is 1. The monoisotopic (exact) mass is 605 g/mol. The second kappa shape index (κ2) is 11.8. The van der Waals surface area contributed by atoms with Gasteiger partial charge in [0, 0.05) is 30.4 Å². The van der Waals surface area contributed by atoms with Crippen LogP contribution in [0.1, 0.15) is 32.1 Å². The molecule has 10 nitrogen and oxygen atoms in total. The summed E-state index contributed by atoms with van der Waals surface area (Å²) in [6.07, 6.45) is 1.69. The average molecular weight is 606 g/mol. The lowest BCUT2D eigenvalue weighted by atomic mass is 10.1. The van der Waals surface area contributed by atoms with Crippen LogP contribution in [0.2, 0.25) is 0 Å². The Morgan fingerprint density at radius 2 is 1.64 bits per heavy atom. The molecule has 0 saturated heterocycles. The van der Waals surface area contributed by atoms with E-state index in [0.29, 0.717) is 40.9 Å². The van der Waals surface area contributed by atoms with Crippen LogP contribution in [0.4, 0.5) is 4.39 Å². The van der Waals surface area contributed by atoms with Gasteiger partial charge in [-0.3, -0.25) is 23.1 Å². The van der Waals surface area contributed by atoms with Crippen LogP contribution in [-0.4, -0.2) is 60.9 Å². The molecule has 0 atom stereocenters. The topological polar surface area (TPSA) is 119 Å². The Morgan fingerprint density at radius 3 is 2.38 bits per heavy atom. The molecule has 3 aromatic heterocycles. The van der Waals surface area contributed by atoms with Gasteiger partial charge in [-0.2, -0.15) is 0 Å². The number of halogens is 1. The van der Waals surface area contributed by atoms with Crippen LogP contribution in [0.5, 0.6) is 0 Å². The molecule has 3 heterocycles. The molecule has 0 aliphatic heterocycles. The molecule has 0 aliphatic carbocycles. The molecule has 3 aromatic carbocycles. The van der Waals surface area contributed by atoms with Gasteiger partial charge in [0.25, 0.3) is 5.56 Å². The molecular formula is C34H28FN5O5. The highest BCUT2D eigenvalue weighted by atomic mass is 19.1. The summed E-state index contributed by atoms with van der Waals surface area (Å²) in [5, 5.41) is 9.66. The van der Waals surface area contributed by atoms with Crippen molar-refractivity contribution in [1.29, 1.82) is 0 Å². The number of ketones is 1. The van der Waals surface area contributed by atoms with E-state index in [2.05, 4.69) is 4.98 Å². The highest BCUT2D eigenvalue weighted by molar-refractivity contribution is 6.09. The summed E-state index contributed by atoms with van der Waals surface area (Å²) < 4.78 is 17.8. The first-order valence-electron chi connectivity index (χ1n) is 14.1. The van der Waals surface area contributed by atoms with Crippen LogP contribution < -0.4 is 11.2 Å². The number of aromatic carboxylic acids is 1.